The van der Waals surface area contributed by atoms with Crippen molar-refractivity contribution < 1.29 is 14.3 Å². The van der Waals surface area contributed by atoms with Gasteiger partial charge in [-0.05, 0) is 23.6 Å². The highest BCUT2D eigenvalue weighted by Crippen LogP contribution is 2.17. The third kappa shape index (κ3) is 5.06. The van der Waals surface area contributed by atoms with E-state index < -0.39 is 5.97 Å². The van der Waals surface area contributed by atoms with Gasteiger partial charge in [-0.3, -0.25) is 9.78 Å². The molecule has 0 spiro atoms. The minimum absolute atomic E-state index is 0.294. The molecule has 5 nitrogen and oxygen atoms in total. The predicted octanol–water partition coefficient (Wildman–Crippen LogP) is 3.50. The Labute approximate surface area is 159 Å². The molecule has 2 aromatic heterocycles. The molecular formula is C19H18N2O3S2. The highest BCUT2D eigenvalue weighted by molar-refractivity contribution is 7.98. The first-order valence-electron chi connectivity index (χ1n) is 8.12. The number of carbonyl (C=O) groups is 2. The van der Waals surface area contributed by atoms with Crippen LogP contribution in [0.2, 0.25) is 0 Å². The molecule has 0 atom stereocenters. The van der Waals surface area contributed by atoms with Crippen molar-refractivity contribution in [2.75, 3.05) is 18.9 Å². The monoisotopic (exact) mass is 386 g/mol. The number of nitrogens with one attached hydrogen (secondary N) is 1. The number of pyridine rings is 1. The zero-order valence-corrected chi connectivity index (χ0v) is 15.6. The first kappa shape index (κ1) is 18.4. The second kappa shape index (κ2) is 9.35. The van der Waals surface area contributed by atoms with Crippen LogP contribution in [0.4, 0.5) is 0 Å². The van der Waals surface area contributed by atoms with Gasteiger partial charge in [-0.25, -0.2) is 4.79 Å². The number of ether oxygens (including phenoxy) is 1. The number of hydrogen-bond acceptors (Lipinski definition) is 6. The van der Waals surface area contributed by atoms with Crippen LogP contribution in [0.1, 0.15) is 15.2 Å². The largest absolute Gasteiger partial charge is 0.452 e. The van der Waals surface area contributed by atoms with Crippen LogP contribution in [0.25, 0.3) is 10.9 Å². The lowest BCUT2D eigenvalue weighted by atomic mass is 10.1. The van der Waals surface area contributed by atoms with Crippen LogP contribution < -0.4 is 5.32 Å². The van der Waals surface area contributed by atoms with Crippen LogP contribution in [-0.4, -0.2) is 35.8 Å². The number of fused-ring (bicyclic) bond motifs is 1. The van der Waals surface area contributed by atoms with Crippen molar-refractivity contribution in [2.24, 2.45) is 0 Å². The topological polar surface area (TPSA) is 68.3 Å². The molecule has 0 aliphatic carbocycles. The summed E-state index contributed by atoms with van der Waals surface area (Å²) >= 11 is 3.48. The van der Waals surface area contributed by atoms with Crippen molar-refractivity contribution in [1.29, 1.82) is 0 Å². The number of rotatable bonds is 8. The van der Waals surface area contributed by atoms with Crippen molar-refractivity contribution in [1.82, 2.24) is 10.3 Å². The number of para-hydroxylation sites is 1. The summed E-state index contributed by atoms with van der Waals surface area (Å²) in [5, 5.41) is 5.67. The Morgan fingerprint density at radius 3 is 2.88 bits per heavy atom. The summed E-state index contributed by atoms with van der Waals surface area (Å²) in [6, 6.07) is 13.1. The van der Waals surface area contributed by atoms with Crippen molar-refractivity contribution in [3.05, 3.63) is 64.5 Å². The van der Waals surface area contributed by atoms with Crippen molar-refractivity contribution in [2.45, 2.75) is 5.75 Å². The summed E-state index contributed by atoms with van der Waals surface area (Å²) in [6.45, 7) is 0.250. The van der Waals surface area contributed by atoms with E-state index in [1.807, 2.05) is 18.2 Å². The Balaban J connectivity index is 1.40. The van der Waals surface area contributed by atoms with Gasteiger partial charge in [0.15, 0.2) is 6.61 Å². The fourth-order valence-electron chi connectivity index (χ4n) is 2.36. The molecule has 1 aromatic carbocycles. The highest BCUT2D eigenvalue weighted by Gasteiger charge is 2.13. The second-order valence-electron chi connectivity index (χ2n) is 5.44. The van der Waals surface area contributed by atoms with Crippen molar-refractivity contribution in [3.8, 4) is 0 Å². The van der Waals surface area contributed by atoms with Gasteiger partial charge in [-0.15, -0.1) is 11.3 Å². The van der Waals surface area contributed by atoms with Gasteiger partial charge in [-0.1, -0.05) is 24.3 Å². The van der Waals surface area contributed by atoms with Gasteiger partial charge >= 0.3 is 5.97 Å². The van der Waals surface area contributed by atoms with Crippen LogP contribution in [0.3, 0.4) is 0 Å². The number of nitrogens with zero attached hydrogens (tertiary/aromatic N) is 1. The van der Waals surface area contributed by atoms with Gasteiger partial charge in [0, 0.05) is 34.5 Å². The molecule has 1 amide bonds. The maximum absolute atomic E-state index is 12.2. The molecule has 0 fully saturated rings. The molecule has 7 heteroatoms. The summed E-state index contributed by atoms with van der Waals surface area (Å²) in [5.41, 5.74) is 0.938. The number of carbonyl (C=O) groups excluding carboxylic acids is 2. The molecule has 0 aliphatic heterocycles. The van der Waals surface area contributed by atoms with E-state index in [-0.39, 0.29) is 12.5 Å². The number of thioether (sulfide) groups is 1. The molecule has 0 bridgehead atoms. The molecule has 3 rings (SSSR count). The van der Waals surface area contributed by atoms with Gasteiger partial charge in [-0.2, -0.15) is 11.8 Å². The van der Waals surface area contributed by atoms with Crippen LogP contribution in [-0.2, 0) is 15.3 Å². The maximum atomic E-state index is 12.2. The lowest BCUT2D eigenvalue weighted by Gasteiger charge is -2.08. The molecule has 0 saturated heterocycles. The van der Waals surface area contributed by atoms with E-state index in [4.69, 9.17) is 4.74 Å². The highest BCUT2D eigenvalue weighted by atomic mass is 32.2. The average molecular weight is 386 g/mol. The summed E-state index contributed by atoms with van der Waals surface area (Å²) in [6.07, 6.45) is 1.62. The van der Waals surface area contributed by atoms with Crippen LogP contribution in [0, 0.1) is 0 Å². The summed E-state index contributed by atoms with van der Waals surface area (Å²) < 4.78 is 5.12. The molecule has 26 heavy (non-hydrogen) atoms. The summed E-state index contributed by atoms with van der Waals surface area (Å²) in [7, 11) is 0. The van der Waals surface area contributed by atoms with Crippen molar-refractivity contribution in [3.63, 3.8) is 0 Å². The number of thiophene rings is 1. The average Bonchev–Trinajstić information content (AvgIpc) is 3.19. The van der Waals surface area contributed by atoms with Crippen LogP contribution >= 0.6 is 23.1 Å². The molecule has 134 valence electrons. The molecule has 1 N–H and O–H groups in total. The fourth-order valence-corrected chi connectivity index (χ4v) is 4.06. The molecule has 0 saturated carbocycles. The number of amides is 1. The molecule has 2 heterocycles. The van der Waals surface area contributed by atoms with Gasteiger partial charge in [0.05, 0.1) is 11.1 Å². The Bertz CT molecular complexity index is 876. The van der Waals surface area contributed by atoms with E-state index in [0.717, 1.165) is 16.9 Å². The SMILES string of the molecule is O=C(COC(=O)c1cccc2cccnc12)NCCSCc1cccs1. The first-order chi connectivity index (χ1) is 12.7. The number of esters is 1. The van der Waals surface area contributed by atoms with E-state index in [0.29, 0.717) is 17.6 Å². The minimum atomic E-state index is -0.545. The second-order valence-corrected chi connectivity index (χ2v) is 7.58. The third-order valence-electron chi connectivity index (χ3n) is 3.58. The number of aromatic nitrogens is 1. The lowest BCUT2D eigenvalue weighted by Crippen LogP contribution is -2.30. The van der Waals surface area contributed by atoms with Crippen LogP contribution in [0.5, 0.6) is 0 Å². The molecular weight excluding hydrogens is 368 g/mol. The van der Waals surface area contributed by atoms with Gasteiger partial charge in [0.2, 0.25) is 0 Å². The first-order valence-corrected chi connectivity index (χ1v) is 10.1. The van der Waals surface area contributed by atoms with E-state index in [2.05, 4.69) is 21.7 Å². The zero-order chi connectivity index (χ0) is 18.2. The quantitative estimate of drug-likeness (QED) is 0.474. The Morgan fingerprint density at radius 2 is 2.04 bits per heavy atom. The Kier molecular flexibility index (Phi) is 6.62. The van der Waals surface area contributed by atoms with Gasteiger partial charge in [0.25, 0.3) is 5.91 Å². The standard InChI is InChI=1S/C19H18N2O3S2/c22-17(20-9-11-25-13-15-6-3-10-26-15)12-24-19(23)16-7-1-4-14-5-2-8-21-18(14)16/h1-8,10H,9,11-13H2,(H,20,22). The van der Waals surface area contributed by atoms with Gasteiger partial charge in [0.1, 0.15) is 0 Å². The third-order valence-corrected chi connectivity index (χ3v) is 5.65. The summed E-state index contributed by atoms with van der Waals surface area (Å²) in [4.78, 5) is 29.6. The van der Waals surface area contributed by atoms with E-state index in [9.17, 15) is 9.59 Å². The normalized spacial score (nSPS) is 10.6. The molecule has 0 aliphatic rings. The smallest absolute Gasteiger partial charge is 0.340 e. The lowest BCUT2D eigenvalue weighted by molar-refractivity contribution is -0.124. The number of hydrogen-bond donors (Lipinski definition) is 1. The van der Waals surface area contributed by atoms with E-state index in [1.165, 1.54) is 4.88 Å². The maximum Gasteiger partial charge on any atom is 0.340 e. The Morgan fingerprint density at radius 1 is 1.15 bits per heavy atom. The molecule has 0 unspecified atom stereocenters. The fraction of sp³-hybridized carbons (Fsp3) is 0.211. The van der Waals surface area contributed by atoms with Crippen LogP contribution in [0.15, 0.2) is 54.0 Å². The molecule has 3 aromatic rings. The van der Waals surface area contributed by atoms with E-state index in [1.54, 1.807) is 47.5 Å². The summed E-state index contributed by atoms with van der Waals surface area (Å²) in [5.74, 6) is 0.904. The molecule has 0 radical (unpaired) electrons. The zero-order valence-electron chi connectivity index (χ0n) is 14.0. The Hall–Kier alpha value is -2.38. The number of benzene rings is 1. The minimum Gasteiger partial charge on any atom is -0.452 e. The van der Waals surface area contributed by atoms with Crippen molar-refractivity contribution >= 4 is 45.9 Å². The van der Waals surface area contributed by atoms with E-state index >= 15 is 0 Å². The predicted molar refractivity (Wildman–Crippen MR) is 106 cm³/mol. The van der Waals surface area contributed by atoms with Gasteiger partial charge < -0.3 is 10.1 Å².